The molecule has 1 saturated heterocycles. The molecule has 1 fully saturated rings. The van der Waals surface area contributed by atoms with Gasteiger partial charge in [-0.1, -0.05) is 25.3 Å². The van der Waals surface area contributed by atoms with Crippen molar-refractivity contribution in [3.63, 3.8) is 0 Å². The smallest absolute Gasteiger partial charge is 0.255 e. The van der Waals surface area contributed by atoms with Gasteiger partial charge in [-0.3, -0.25) is 4.79 Å². The molecule has 1 aliphatic rings. The first kappa shape index (κ1) is 12.9. The van der Waals surface area contributed by atoms with Gasteiger partial charge in [0.15, 0.2) is 0 Å². The number of hydrogen-bond donors (Lipinski definition) is 1. The molecule has 0 aromatic heterocycles. The van der Waals surface area contributed by atoms with Gasteiger partial charge in [0.25, 0.3) is 5.91 Å². The molecule has 1 amide bonds. The van der Waals surface area contributed by atoms with Crippen LogP contribution in [0.1, 0.15) is 48.0 Å². The van der Waals surface area contributed by atoms with E-state index in [1.54, 1.807) is 0 Å². The number of nitrogens with zero attached hydrogens (tertiary/aromatic N) is 1. The number of nitrogen functional groups attached to an aromatic ring is 1. The Kier molecular flexibility index (Phi) is 4.24. The Morgan fingerprint density at radius 1 is 1.11 bits per heavy atom. The average Bonchev–Trinajstić information content (AvgIpc) is 2.27. The van der Waals surface area contributed by atoms with Crippen molar-refractivity contribution >= 4 is 11.6 Å². The molecule has 0 radical (unpaired) electrons. The summed E-state index contributed by atoms with van der Waals surface area (Å²) in [4.78, 5) is 14.4. The number of aryl methyl sites for hydroxylation is 1. The number of benzene rings is 1. The maximum Gasteiger partial charge on any atom is 0.255 e. The molecule has 1 heterocycles. The van der Waals surface area contributed by atoms with Crippen LogP contribution in [0.3, 0.4) is 0 Å². The van der Waals surface area contributed by atoms with Gasteiger partial charge in [0.1, 0.15) is 0 Å². The van der Waals surface area contributed by atoms with E-state index in [1.165, 1.54) is 19.3 Å². The lowest BCUT2D eigenvalue weighted by Gasteiger charge is -2.25. The minimum absolute atomic E-state index is 0.0920. The van der Waals surface area contributed by atoms with Crippen LogP contribution in [0.2, 0.25) is 0 Å². The van der Waals surface area contributed by atoms with E-state index in [0.29, 0.717) is 11.3 Å². The number of hydrogen-bond acceptors (Lipinski definition) is 2. The van der Waals surface area contributed by atoms with Crippen LogP contribution < -0.4 is 5.73 Å². The van der Waals surface area contributed by atoms with E-state index < -0.39 is 0 Å². The Morgan fingerprint density at radius 3 is 2.33 bits per heavy atom. The largest absolute Gasteiger partial charge is 0.398 e. The molecule has 3 heteroatoms. The van der Waals surface area contributed by atoms with E-state index in [1.807, 2.05) is 30.0 Å². The number of rotatable bonds is 1. The van der Waals surface area contributed by atoms with Crippen LogP contribution in [0.5, 0.6) is 0 Å². The van der Waals surface area contributed by atoms with E-state index in [0.717, 1.165) is 31.5 Å². The highest BCUT2D eigenvalue weighted by atomic mass is 16.2. The van der Waals surface area contributed by atoms with Gasteiger partial charge in [0.2, 0.25) is 0 Å². The maximum absolute atomic E-state index is 12.4. The van der Waals surface area contributed by atoms with Crippen LogP contribution >= 0.6 is 0 Å². The summed E-state index contributed by atoms with van der Waals surface area (Å²) in [6.07, 6.45) is 5.98. The average molecular weight is 246 g/mol. The van der Waals surface area contributed by atoms with Gasteiger partial charge in [-0.15, -0.1) is 0 Å². The number of amides is 1. The van der Waals surface area contributed by atoms with Crippen LogP contribution in [0.4, 0.5) is 5.69 Å². The Morgan fingerprint density at radius 2 is 1.72 bits per heavy atom. The normalized spacial score (nSPS) is 17.1. The summed E-state index contributed by atoms with van der Waals surface area (Å²) in [5, 5.41) is 0. The first-order valence-electron chi connectivity index (χ1n) is 6.84. The van der Waals surface area contributed by atoms with Crippen molar-refractivity contribution in [2.45, 2.75) is 39.0 Å². The molecule has 0 bridgehead atoms. The SMILES string of the molecule is Cc1ccc(C(=O)N2CCCCCCC2)c(N)c1. The predicted molar refractivity (Wildman–Crippen MR) is 74.6 cm³/mol. The van der Waals surface area contributed by atoms with Crippen molar-refractivity contribution in [3.05, 3.63) is 29.3 Å². The number of nitrogens with two attached hydrogens (primary N) is 1. The Balaban J connectivity index is 2.13. The number of carbonyl (C=O) groups is 1. The van der Waals surface area contributed by atoms with Crippen molar-refractivity contribution in [3.8, 4) is 0 Å². The van der Waals surface area contributed by atoms with Crippen molar-refractivity contribution in [1.29, 1.82) is 0 Å². The summed E-state index contributed by atoms with van der Waals surface area (Å²) in [5.41, 5.74) is 8.30. The summed E-state index contributed by atoms with van der Waals surface area (Å²) in [5.74, 6) is 0.0920. The van der Waals surface area contributed by atoms with Crippen LogP contribution in [0.15, 0.2) is 18.2 Å². The number of anilines is 1. The van der Waals surface area contributed by atoms with Gasteiger partial charge >= 0.3 is 0 Å². The topological polar surface area (TPSA) is 46.3 Å². The number of carbonyl (C=O) groups excluding carboxylic acids is 1. The standard InChI is InChI=1S/C15H22N2O/c1-12-7-8-13(14(16)11-12)15(18)17-9-5-3-2-4-6-10-17/h7-8,11H,2-6,9-10,16H2,1H3. The molecule has 0 unspecified atom stereocenters. The van der Waals surface area contributed by atoms with Crippen LogP contribution in [-0.2, 0) is 0 Å². The minimum atomic E-state index is 0.0920. The molecule has 2 N–H and O–H groups in total. The van der Waals surface area contributed by atoms with Gasteiger partial charge < -0.3 is 10.6 Å². The lowest BCUT2D eigenvalue weighted by molar-refractivity contribution is 0.0743. The maximum atomic E-state index is 12.4. The fraction of sp³-hybridized carbons (Fsp3) is 0.533. The van der Waals surface area contributed by atoms with E-state index in [4.69, 9.17) is 5.73 Å². The van der Waals surface area contributed by atoms with Gasteiger partial charge in [-0.05, 0) is 37.5 Å². The molecule has 0 atom stereocenters. The lowest BCUT2D eigenvalue weighted by Crippen LogP contribution is -2.34. The number of likely N-dealkylation sites (tertiary alicyclic amines) is 1. The highest BCUT2D eigenvalue weighted by Gasteiger charge is 2.18. The van der Waals surface area contributed by atoms with Crippen molar-refractivity contribution in [2.75, 3.05) is 18.8 Å². The van der Waals surface area contributed by atoms with E-state index in [-0.39, 0.29) is 5.91 Å². The van der Waals surface area contributed by atoms with Gasteiger partial charge in [-0.2, -0.15) is 0 Å². The molecular formula is C15H22N2O. The van der Waals surface area contributed by atoms with Gasteiger partial charge in [0, 0.05) is 18.8 Å². The molecule has 1 aliphatic heterocycles. The van der Waals surface area contributed by atoms with E-state index in [9.17, 15) is 4.79 Å². The zero-order valence-corrected chi connectivity index (χ0v) is 11.1. The Bertz CT molecular complexity index is 421. The fourth-order valence-corrected chi connectivity index (χ4v) is 2.50. The molecule has 98 valence electrons. The summed E-state index contributed by atoms with van der Waals surface area (Å²) in [7, 11) is 0. The molecule has 3 nitrogen and oxygen atoms in total. The summed E-state index contributed by atoms with van der Waals surface area (Å²) < 4.78 is 0. The molecule has 18 heavy (non-hydrogen) atoms. The molecular weight excluding hydrogens is 224 g/mol. The lowest BCUT2D eigenvalue weighted by atomic mass is 10.1. The third-order valence-corrected chi connectivity index (χ3v) is 3.58. The zero-order chi connectivity index (χ0) is 13.0. The van der Waals surface area contributed by atoms with Crippen molar-refractivity contribution in [1.82, 2.24) is 4.90 Å². The van der Waals surface area contributed by atoms with Gasteiger partial charge in [0.05, 0.1) is 5.56 Å². The molecule has 1 aromatic carbocycles. The third-order valence-electron chi connectivity index (χ3n) is 3.58. The van der Waals surface area contributed by atoms with Crippen LogP contribution in [-0.4, -0.2) is 23.9 Å². The molecule has 0 aliphatic carbocycles. The zero-order valence-electron chi connectivity index (χ0n) is 11.1. The van der Waals surface area contributed by atoms with Gasteiger partial charge in [-0.25, -0.2) is 0 Å². The summed E-state index contributed by atoms with van der Waals surface area (Å²) in [6.45, 7) is 3.72. The molecule has 0 spiro atoms. The fourth-order valence-electron chi connectivity index (χ4n) is 2.50. The third kappa shape index (κ3) is 3.03. The monoisotopic (exact) mass is 246 g/mol. The second kappa shape index (κ2) is 5.89. The summed E-state index contributed by atoms with van der Waals surface area (Å²) >= 11 is 0. The second-order valence-electron chi connectivity index (χ2n) is 5.15. The van der Waals surface area contributed by atoms with E-state index in [2.05, 4.69) is 0 Å². The first-order valence-corrected chi connectivity index (χ1v) is 6.84. The van der Waals surface area contributed by atoms with Crippen LogP contribution in [0.25, 0.3) is 0 Å². The highest BCUT2D eigenvalue weighted by Crippen LogP contribution is 2.18. The minimum Gasteiger partial charge on any atom is -0.398 e. The predicted octanol–water partition coefficient (Wildman–Crippen LogP) is 2.98. The van der Waals surface area contributed by atoms with Crippen molar-refractivity contribution in [2.24, 2.45) is 0 Å². The highest BCUT2D eigenvalue weighted by molar-refractivity contribution is 5.99. The van der Waals surface area contributed by atoms with Crippen molar-refractivity contribution < 1.29 is 4.79 Å². The Labute approximate surface area is 109 Å². The van der Waals surface area contributed by atoms with E-state index >= 15 is 0 Å². The molecule has 1 aromatic rings. The first-order chi connectivity index (χ1) is 8.68. The molecule has 0 saturated carbocycles. The quantitative estimate of drug-likeness (QED) is 0.774. The van der Waals surface area contributed by atoms with Crippen LogP contribution in [0, 0.1) is 6.92 Å². The second-order valence-corrected chi connectivity index (χ2v) is 5.15. The Hall–Kier alpha value is -1.51. The summed E-state index contributed by atoms with van der Waals surface area (Å²) in [6, 6.07) is 5.68. The molecule has 2 rings (SSSR count).